The molecule has 0 N–H and O–H groups in total. The summed E-state index contributed by atoms with van der Waals surface area (Å²) in [4.78, 5) is 29.1. The molecule has 0 saturated carbocycles. The molecule has 0 saturated heterocycles. The van der Waals surface area contributed by atoms with Crippen LogP contribution in [-0.4, -0.2) is 11.9 Å². The minimum absolute atomic E-state index is 0.363. The molecule has 1 aliphatic rings. The normalized spacial score (nSPS) is 12.8. The van der Waals surface area contributed by atoms with E-state index in [9.17, 15) is 9.59 Å². The van der Waals surface area contributed by atoms with E-state index in [0.29, 0.717) is 44.9 Å². The van der Waals surface area contributed by atoms with E-state index < -0.39 is 11.9 Å². The molecular weight excluding hydrogens is 568 g/mol. The monoisotopic (exact) mass is 592 g/mol. The van der Waals surface area contributed by atoms with Crippen LogP contribution in [0.4, 0.5) is 0 Å². The first-order chi connectivity index (χ1) is 22.7. The SMILES string of the molecule is O=C1Oc2ccc3ccccc3c2-c2c(ccc3ccccc23)OC(=O)c2ccc3ccccc3c2-c2c1ccc1ccccc21. The zero-order valence-electron chi connectivity index (χ0n) is 24.5. The molecule has 9 rings (SSSR count). The Morgan fingerprint density at radius 2 is 0.609 bits per heavy atom. The topological polar surface area (TPSA) is 52.6 Å². The fraction of sp³-hybridized carbons (Fsp3) is 0. The summed E-state index contributed by atoms with van der Waals surface area (Å²) in [5.74, 6) is -0.246. The zero-order chi connectivity index (χ0) is 30.8. The molecule has 1 heterocycles. The van der Waals surface area contributed by atoms with E-state index in [4.69, 9.17) is 9.47 Å². The van der Waals surface area contributed by atoms with Crippen LogP contribution in [0.2, 0.25) is 0 Å². The number of fused-ring (bicyclic) bond motifs is 14. The maximum Gasteiger partial charge on any atom is 0.344 e. The van der Waals surface area contributed by atoms with Crippen LogP contribution < -0.4 is 9.47 Å². The van der Waals surface area contributed by atoms with Crippen LogP contribution in [-0.2, 0) is 0 Å². The molecule has 0 fully saturated rings. The van der Waals surface area contributed by atoms with Crippen LogP contribution in [0.25, 0.3) is 65.3 Å². The fourth-order valence-corrected chi connectivity index (χ4v) is 6.92. The third kappa shape index (κ3) is 3.94. The molecule has 0 bridgehead atoms. The van der Waals surface area contributed by atoms with Crippen molar-refractivity contribution in [1.29, 1.82) is 0 Å². The van der Waals surface area contributed by atoms with Crippen molar-refractivity contribution < 1.29 is 19.1 Å². The van der Waals surface area contributed by atoms with Gasteiger partial charge in [-0.25, -0.2) is 9.59 Å². The highest BCUT2D eigenvalue weighted by Gasteiger charge is 2.29. The smallest absolute Gasteiger partial charge is 0.344 e. The molecule has 216 valence electrons. The fourth-order valence-electron chi connectivity index (χ4n) is 6.92. The Morgan fingerprint density at radius 1 is 0.304 bits per heavy atom. The molecule has 4 heteroatoms. The molecule has 1 aliphatic heterocycles. The molecule has 0 amide bonds. The molecule has 0 spiro atoms. The van der Waals surface area contributed by atoms with Crippen LogP contribution in [0.3, 0.4) is 0 Å². The highest BCUT2D eigenvalue weighted by atomic mass is 16.5. The third-order valence-electron chi connectivity index (χ3n) is 8.98. The standard InChI is InChI=1S/C42H24O4/c43-41-33-21-17-25-9-1-5-13-29(25)37(33)38-30-14-6-2-10-26(30)18-22-34(38)42(44)46-36-24-20-28-12-4-8-16-32(28)40(36)39-31-15-7-3-11-27(31)19-23-35(39)45-41/h1-24H. The second kappa shape index (κ2) is 10.1. The Bertz CT molecular complexity index is 2400. The highest BCUT2D eigenvalue weighted by Crippen LogP contribution is 2.47. The van der Waals surface area contributed by atoms with Crippen molar-refractivity contribution in [3.8, 4) is 33.8 Å². The lowest BCUT2D eigenvalue weighted by atomic mass is 9.86. The largest absolute Gasteiger partial charge is 0.422 e. The van der Waals surface area contributed by atoms with Crippen LogP contribution >= 0.6 is 0 Å². The van der Waals surface area contributed by atoms with Gasteiger partial charge in [-0.2, -0.15) is 0 Å². The molecule has 0 aromatic heterocycles. The number of carbonyl (C=O) groups is 2. The predicted molar refractivity (Wildman–Crippen MR) is 184 cm³/mol. The molecule has 0 aliphatic carbocycles. The van der Waals surface area contributed by atoms with E-state index in [-0.39, 0.29) is 0 Å². The molecular formula is C42H24O4. The van der Waals surface area contributed by atoms with Crippen molar-refractivity contribution in [3.05, 3.63) is 157 Å². The molecule has 8 aromatic rings. The summed E-state index contributed by atoms with van der Waals surface area (Å²) in [6.45, 7) is 0. The maximum absolute atomic E-state index is 14.5. The van der Waals surface area contributed by atoms with E-state index in [2.05, 4.69) is 0 Å². The summed E-state index contributed by atoms with van der Waals surface area (Å²) >= 11 is 0. The quantitative estimate of drug-likeness (QED) is 0.130. The summed E-state index contributed by atoms with van der Waals surface area (Å²) < 4.78 is 12.9. The van der Waals surface area contributed by atoms with E-state index in [1.165, 1.54) is 0 Å². The lowest BCUT2D eigenvalue weighted by molar-refractivity contribution is 0.0722. The van der Waals surface area contributed by atoms with E-state index in [0.717, 1.165) is 43.1 Å². The number of carbonyl (C=O) groups excluding carboxylic acids is 2. The van der Waals surface area contributed by atoms with Gasteiger partial charge >= 0.3 is 11.9 Å². The third-order valence-corrected chi connectivity index (χ3v) is 8.98. The lowest BCUT2D eigenvalue weighted by Gasteiger charge is -2.22. The first-order valence-corrected chi connectivity index (χ1v) is 15.2. The number of esters is 2. The van der Waals surface area contributed by atoms with Gasteiger partial charge in [0, 0.05) is 22.3 Å². The summed E-state index contributed by atoms with van der Waals surface area (Å²) in [5, 5.41) is 7.25. The van der Waals surface area contributed by atoms with Gasteiger partial charge in [-0.1, -0.05) is 121 Å². The summed E-state index contributed by atoms with van der Waals surface area (Å²) in [7, 11) is 0. The number of benzene rings is 8. The van der Waals surface area contributed by atoms with Gasteiger partial charge in [0.05, 0.1) is 11.1 Å². The summed E-state index contributed by atoms with van der Waals surface area (Å²) in [6.07, 6.45) is 0. The van der Waals surface area contributed by atoms with Gasteiger partial charge in [-0.15, -0.1) is 0 Å². The molecule has 8 aromatic carbocycles. The van der Waals surface area contributed by atoms with Crippen molar-refractivity contribution in [3.63, 3.8) is 0 Å². The van der Waals surface area contributed by atoms with Gasteiger partial charge in [-0.3, -0.25) is 0 Å². The van der Waals surface area contributed by atoms with E-state index in [1.807, 2.05) is 133 Å². The van der Waals surface area contributed by atoms with Gasteiger partial charge < -0.3 is 9.47 Å². The van der Waals surface area contributed by atoms with Crippen LogP contribution in [0, 0.1) is 0 Å². The van der Waals surface area contributed by atoms with Gasteiger partial charge in [-0.05, 0) is 67.4 Å². The van der Waals surface area contributed by atoms with Crippen LogP contribution in [0.5, 0.6) is 11.5 Å². The minimum atomic E-state index is -0.508. The number of ether oxygens (including phenoxy) is 2. The van der Waals surface area contributed by atoms with E-state index >= 15 is 0 Å². The van der Waals surface area contributed by atoms with Crippen molar-refractivity contribution >= 4 is 55.0 Å². The van der Waals surface area contributed by atoms with Crippen molar-refractivity contribution in [2.45, 2.75) is 0 Å². The van der Waals surface area contributed by atoms with Crippen LogP contribution in [0.15, 0.2) is 146 Å². The zero-order valence-corrected chi connectivity index (χ0v) is 24.5. The average Bonchev–Trinajstić information content (AvgIpc) is 3.10. The molecule has 46 heavy (non-hydrogen) atoms. The Hall–Kier alpha value is -6.26. The second-order valence-electron chi connectivity index (χ2n) is 11.5. The number of rotatable bonds is 0. The van der Waals surface area contributed by atoms with Gasteiger partial charge in [0.15, 0.2) is 0 Å². The summed E-state index contributed by atoms with van der Waals surface area (Å²) in [6, 6.07) is 46.7. The molecule has 0 unspecified atom stereocenters. The highest BCUT2D eigenvalue weighted by molar-refractivity contribution is 6.19. The van der Waals surface area contributed by atoms with Gasteiger partial charge in [0.25, 0.3) is 0 Å². The molecule has 4 nitrogen and oxygen atoms in total. The Labute approximate surface area is 264 Å². The average molecular weight is 593 g/mol. The first-order valence-electron chi connectivity index (χ1n) is 15.2. The van der Waals surface area contributed by atoms with Crippen LogP contribution in [0.1, 0.15) is 20.7 Å². The number of hydrogen-bond donors (Lipinski definition) is 0. The Balaban J connectivity index is 1.44. The summed E-state index contributed by atoms with van der Waals surface area (Å²) in [5.41, 5.74) is 3.37. The first kappa shape index (κ1) is 26.2. The lowest BCUT2D eigenvalue weighted by Crippen LogP contribution is -2.16. The molecule has 0 atom stereocenters. The minimum Gasteiger partial charge on any atom is -0.422 e. The van der Waals surface area contributed by atoms with E-state index in [1.54, 1.807) is 12.1 Å². The van der Waals surface area contributed by atoms with Crippen molar-refractivity contribution in [2.24, 2.45) is 0 Å². The Kier molecular flexibility index (Phi) is 5.77. The van der Waals surface area contributed by atoms with Crippen molar-refractivity contribution in [1.82, 2.24) is 0 Å². The Morgan fingerprint density at radius 3 is 0.978 bits per heavy atom. The van der Waals surface area contributed by atoms with Crippen molar-refractivity contribution in [2.75, 3.05) is 0 Å². The second-order valence-corrected chi connectivity index (χ2v) is 11.5. The predicted octanol–water partition coefficient (Wildman–Crippen LogP) is 10.4. The number of hydrogen-bond acceptors (Lipinski definition) is 4. The van der Waals surface area contributed by atoms with Gasteiger partial charge in [0.1, 0.15) is 11.5 Å². The van der Waals surface area contributed by atoms with Gasteiger partial charge in [0.2, 0.25) is 0 Å². The maximum atomic E-state index is 14.5. The molecule has 0 radical (unpaired) electrons.